The van der Waals surface area contributed by atoms with Gasteiger partial charge < -0.3 is 15.4 Å². The average molecular weight is 542 g/mol. The van der Waals surface area contributed by atoms with Crippen LogP contribution in [0.4, 0.5) is 5.69 Å². The van der Waals surface area contributed by atoms with Gasteiger partial charge in [0.2, 0.25) is 10.0 Å². The summed E-state index contributed by atoms with van der Waals surface area (Å²) >= 11 is 0. The van der Waals surface area contributed by atoms with Crippen molar-refractivity contribution in [3.8, 4) is 5.75 Å². The second kappa shape index (κ2) is 9.86. The van der Waals surface area contributed by atoms with Gasteiger partial charge in [-0.05, 0) is 29.7 Å². The summed E-state index contributed by atoms with van der Waals surface area (Å²) in [5, 5.41) is 6.32. The number of halogens is 1. The van der Waals surface area contributed by atoms with E-state index in [4.69, 9.17) is 4.74 Å². The highest BCUT2D eigenvalue weighted by molar-refractivity contribution is 14.0. The molecule has 9 heteroatoms. The first-order chi connectivity index (χ1) is 14.1. The van der Waals surface area contributed by atoms with Crippen molar-refractivity contribution in [2.45, 2.75) is 18.9 Å². The van der Waals surface area contributed by atoms with Crippen LogP contribution < -0.4 is 19.7 Å². The number of aliphatic imine (C=N–C) groups is 1. The smallest absolute Gasteiger partial charge is 0.236 e. The third kappa shape index (κ3) is 5.00. The van der Waals surface area contributed by atoms with Crippen LogP contribution in [-0.4, -0.2) is 52.9 Å². The Kier molecular flexibility index (Phi) is 7.45. The fraction of sp³-hybridized carbons (Fsp3) is 0.381. The largest absolute Gasteiger partial charge is 0.488 e. The molecule has 0 spiro atoms. The lowest BCUT2D eigenvalue weighted by atomic mass is 10.1. The molecule has 0 saturated carbocycles. The Hall–Kier alpha value is -2.01. The van der Waals surface area contributed by atoms with Crippen molar-refractivity contribution < 1.29 is 13.2 Å². The molecule has 0 bridgehead atoms. The van der Waals surface area contributed by atoms with Gasteiger partial charge in [0.1, 0.15) is 11.9 Å². The molecule has 2 N–H and O–H groups in total. The standard InChI is InChI=1S/C21H26N4O3S.HI/c1-22-21(24-15-18-14-17-7-3-5-9-20(17)28-18)23-11-13-29(26,27)25-12-10-16-6-2-4-8-19(16)25;/h2-9,18H,10-15H2,1H3,(H2,22,23,24);1H. The zero-order chi connectivity index (χ0) is 20.3. The van der Waals surface area contributed by atoms with E-state index in [2.05, 4.69) is 21.7 Å². The minimum atomic E-state index is -3.38. The van der Waals surface area contributed by atoms with E-state index < -0.39 is 10.0 Å². The van der Waals surface area contributed by atoms with Crippen molar-refractivity contribution in [1.29, 1.82) is 0 Å². The first-order valence-electron chi connectivity index (χ1n) is 9.84. The molecular weight excluding hydrogens is 515 g/mol. The normalized spacial score (nSPS) is 17.6. The Bertz CT molecular complexity index is 988. The Morgan fingerprint density at radius 3 is 2.63 bits per heavy atom. The number of hydrogen-bond acceptors (Lipinski definition) is 4. The molecule has 1 atom stereocenters. The first-order valence-corrected chi connectivity index (χ1v) is 11.4. The zero-order valence-corrected chi connectivity index (χ0v) is 20.0. The van der Waals surface area contributed by atoms with E-state index in [9.17, 15) is 8.42 Å². The number of nitrogens with one attached hydrogen (secondary N) is 2. The first kappa shape index (κ1) is 22.7. The van der Waals surface area contributed by atoms with Gasteiger partial charge in [0, 0.05) is 26.6 Å². The van der Waals surface area contributed by atoms with Gasteiger partial charge in [-0.3, -0.25) is 9.30 Å². The van der Waals surface area contributed by atoms with Crippen molar-refractivity contribution in [2.24, 2.45) is 4.99 Å². The monoisotopic (exact) mass is 542 g/mol. The molecule has 0 radical (unpaired) electrons. The number of para-hydroxylation sites is 2. The number of benzene rings is 2. The summed E-state index contributed by atoms with van der Waals surface area (Å²) in [6.07, 6.45) is 1.65. The maximum atomic E-state index is 12.8. The van der Waals surface area contributed by atoms with Gasteiger partial charge in [0.25, 0.3) is 0 Å². The fourth-order valence-electron chi connectivity index (χ4n) is 3.80. The number of nitrogens with zero attached hydrogens (tertiary/aromatic N) is 2. The van der Waals surface area contributed by atoms with Crippen LogP contribution >= 0.6 is 24.0 Å². The minimum absolute atomic E-state index is 0. The van der Waals surface area contributed by atoms with Crippen molar-refractivity contribution in [2.75, 3.05) is 36.7 Å². The summed E-state index contributed by atoms with van der Waals surface area (Å²) in [6, 6.07) is 15.7. The summed E-state index contributed by atoms with van der Waals surface area (Å²) in [4.78, 5) is 4.18. The van der Waals surface area contributed by atoms with Gasteiger partial charge in [-0.25, -0.2) is 8.42 Å². The average Bonchev–Trinajstić information content (AvgIpc) is 3.34. The number of hydrogen-bond donors (Lipinski definition) is 2. The number of ether oxygens (including phenoxy) is 1. The molecule has 0 amide bonds. The molecule has 2 aliphatic rings. The SMILES string of the molecule is CN=C(NCCS(=O)(=O)N1CCc2ccccc21)NCC1Cc2ccccc2O1.I. The van der Waals surface area contributed by atoms with Gasteiger partial charge in [-0.2, -0.15) is 0 Å². The van der Waals surface area contributed by atoms with Gasteiger partial charge in [0.15, 0.2) is 5.96 Å². The summed E-state index contributed by atoms with van der Waals surface area (Å²) in [5.41, 5.74) is 3.09. The highest BCUT2D eigenvalue weighted by atomic mass is 127. The number of anilines is 1. The van der Waals surface area contributed by atoms with Crippen LogP contribution in [0.3, 0.4) is 0 Å². The van der Waals surface area contributed by atoms with E-state index in [1.54, 1.807) is 7.05 Å². The van der Waals surface area contributed by atoms with Crippen molar-refractivity contribution in [1.82, 2.24) is 10.6 Å². The van der Waals surface area contributed by atoms with Gasteiger partial charge in [0.05, 0.1) is 18.0 Å². The lowest BCUT2D eigenvalue weighted by Crippen LogP contribution is -2.44. The molecule has 162 valence electrons. The summed E-state index contributed by atoms with van der Waals surface area (Å²) in [6.45, 7) is 1.39. The van der Waals surface area contributed by atoms with E-state index in [-0.39, 0.29) is 42.4 Å². The van der Waals surface area contributed by atoms with Crippen LogP contribution in [0.25, 0.3) is 0 Å². The molecule has 2 aromatic carbocycles. The topological polar surface area (TPSA) is 83.0 Å². The van der Waals surface area contributed by atoms with E-state index in [1.807, 2.05) is 42.5 Å². The van der Waals surface area contributed by atoms with E-state index >= 15 is 0 Å². The van der Waals surface area contributed by atoms with E-state index in [0.717, 1.165) is 29.8 Å². The maximum absolute atomic E-state index is 12.8. The molecule has 0 saturated heterocycles. The lowest BCUT2D eigenvalue weighted by Gasteiger charge is -2.20. The van der Waals surface area contributed by atoms with Gasteiger partial charge >= 0.3 is 0 Å². The molecule has 7 nitrogen and oxygen atoms in total. The highest BCUT2D eigenvalue weighted by Crippen LogP contribution is 2.30. The molecule has 4 rings (SSSR count). The number of fused-ring (bicyclic) bond motifs is 2. The minimum Gasteiger partial charge on any atom is -0.488 e. The summed E-state index contributed by atoms with van der Waals surface area (Å²) in [5.74, 6) is 1.51. The Balaban J connectivity index is 0.00000256. The number of guanidine groups is 1. The molecule has 2 heterocycles. The van der Waals surface area contributed by atoms with Crippen LogP contribution in [0, 0.1) is 0 Å². The fourth-order valence-corrected chi connectivity index (χ4v) is 5.23. The molecule has 0 fully saturated rings. The lowest BCUT2D eigenvalue weighted by molar-refractivity contribution is 0.235. The third-order valence-corrected chi connectivity index (χ3v) is 7.04. The van der Waals surface area contributed by atoms with Gasteiger partial charge in [-0.1, -0.05) is 36.4 Å². The van der Waals surface area contributed by atoms with E-state index in [0.29, 0.717) is 19.0 Å². The highest BCUT2D eigenvalue weighted by Gasteiger charge is 2.28. The number of rotatable bonds is 6. The third-order valence-electron chi connectivity index (χ3n) is 5.27. The Morgan fingerprint density at radius 2 is 1.87 bits per heavy atom. The Morgan fingerprint density at radius 1 is 1.13 bits per heavy atom. The second-order valence-electron chi connectivity index (χ2n) is 7.20. The molecule has 1 unspecified atom stereocenters. The molecule has 2 aliphatic heterocycles. The van der Waals surface area contributed by atoms with Crippen LogP contribution in [-0.2, 0) is 22.9 Å². The van der Waals surface area contributed by atoms with Crippen LogP contribution in [0.15, 0.2) is 53.5 Å². The quantitative estimate of drug-likeness (QED) is 0.332. The predicted molar refractivity (Wildman–Crippen MR) is 131 cm³/mol. The molecule has 0 aliphatic carbocycles. The van der Waals surface area contributed by atoms with Crippen molar-refractivity contribution >= 4 is 45.6 Å². The summed E-state index contributed by atoms with van der Waals surface area (Å²) in [7, 11) is -1.71. The van der Waals surface area contributed by atoms with Crippen LogP contribution in [0.2, 0.25) is 0 Å². The summed E-state index contributed by atoms with van der Waals surface area (Å²) < 4.78 is 33.0. The molecule has 30 heavy (non-hydrogen) atoms. The zero-order valence-electron chi connectivity index (χ0n) is 16.9. The predicted octanol–water partition coefficient (Wildman–Crippen LogP) is 2.17. The van der Waals surface area contributed by atoms with Crippen molar-refractivity contribution in [3.63, 3.8) is 0 Å². The molecular formula is C21H27IN4O3S. The second-order valence-corrected chi connectivity index (χ2v) is 9.21. The number of sulfonamides is 1. The van der Waals surface area contributed by atoms with Gasteiger partial charge in [-0.15, -0.1) is 24.0 Å². The molecule has 2 aromatic rings. The molecule has 0 aromatic heterocycles. The van der Waals surface area contributed by atoms with Crippen LogP contribution in [0.1, 0.15) is 11.1 Å². The Labute approximate surface area is 195 Å². The van der Waals surface area contributed by atoms with Crippen LogP contribution in [0.5, 0.6) is 5.75 Å². The van der Waals surface area contributed by atoms with Crippen molar-refractivity contribution in [3.05, 3.63) is 59.7 Å². The van der Waals surface area contributed by atoms with E-state index in [1.165, 1.54) is 9.87 Å². The maximum Gasteiger partial charge on any atom is 0.236 e.